The van der Waals surface area contributed by atoms with Gasteiger partial charge in [-0.25, -0.2) is 0 Å². The van der Waals surface area contributed by atoms with Crippen molar-refractivity contribution in [2.24, 2.45) is 0 Å². The van der Waals surface area contributed by atoms with E-state index in [9.17, 15) is 4.79 Å². The molecule has 0 amide bonds. The van der Waals surface area contributed by atoms with Crippen LogP contribution in [0.5, 0.6) is 5.75 Å². The van der Waals surface area contributed by atoms with E-state index in [1.165, 1.54) is 0 Å². The third kappa shape index (κ3) is 4.00. The van der Waals surface area contributed by atoms with Crippen LogP contribution in [0, 0.1) is 0 Å². The third-order valence-corrected chi connectivity index (χ3v) is 3.11. The Kier molecular flexibility index (Phi) is 5.23. The molecule has 6 heteroatoms. The summed E-state index contributed by atoms with van der Waals surface area (Å²) in [5.41, 5.74) is 0. The fourth-order valence-electron chi connectivity index (χ4n) is 0.724. The van der Waals surface area contributed by atoms with Gasteiger partial charge in [-0.05, 0) is 24.3 Å². The first-order chi connectivity index (χ1) is 6.36. The second kappa shape index (κ2) is 6.27. The van der Waals surface area contributed by atoms with Crippen molar-refractivity contribution in [3.05, 3.63) is 24.3 Å². The normalized spacial score (nSPS) is 10.5. The van der Waals surface area contributed by atoms with Crippen molar-refractivity contribution in [3.8, 4) is 5.75 Å². The Labute approximate surface area is 87.1 Å². The fraction of sp³-hybridized carbons (Fsp3) is 0. The van der Waals surface area contributed by atoms with Gasteiger partial charge in [-0.15, -0.1) is 0 Å². The van der Waals surface area contributed by atoms with Crippen molar-refractivity contribution in [1.29, 1.82) is 0 Å². The molecular weight excluding hydrogens is 227 g/mol. The number of hydrogen-bond donors (Lipinski definition) is 1. The average Bonchev–Trinajstić information content (AvgIpc) is 2.17. The van der Waals surface area contributed by atoms with Crippen LogP contribution in [-0.2, 0) is 8.76 Å². The average molecular weight is 234 g/mol. The monoisotopic (exact) mass is 234 g/mol. The van der Waals surface area contributed by atoms with E-state index in [1.807, 2.05) is 12.1 Å². The Hall–Kier alpha value is -0.220. The minimum atomic E-state index is 0.246. The van der Waals surface area contributed by atoms with Crippen molar-refractivity contribution < 1.29 is 13.5 Å². The third-order valence-electron chi connectivity index (χ3n) is 1.24. The molecule has 0 aromatic heterocycles. The zero-order valence-electron chi connectivity index (χ0n) is 6.47. The second-order valence-corrected chi connectivity index (χ2v) is 4.04. The molecule has 0 heterocycles. The van der Waals surface area contributed by atoms with Crippen LogP contribution < -0.4 is 10.0 Å². The van der Waals surface area contributed by atoms with Gasteiger partial charge in [-0.1, -0.05) is 11.7 Å². The number of thiol groups is 1. The number of rotatable bonds is 5. The van der Waals surface area contributed by atoms with E-state index in [0.29, 0.717) is 12.2 Å². The lowest BCUT2D eigenvalue weighted by Gasteiger charge is -2.00. The lowest BCUT2D eigenvalue weighted by molar-refractivity contribution is -0.120. The molecule has 0 fully saturated rings. The predicted octanol–water partition coefficient (Wildman–Crippen LogP) is 1.95. The number of benzene rings is 1. The van der Waals surface area contributed by atoms with E-state index in [-0.39, 0.29) is 8.81 Å². The number of hydrogen-bond acceptors (Lipinski definition) is 5. The molecule has 1 unspecified atom stereocenters. The molecule has 0 aliphatic rings. The van der Waals surface area contributed by atoms with Crippen LogP contribution >= 0.6 is 31.5 Å². The lowest BCUT2D eigenvalue weighted by Crippen LogP contribution is -1.94. The van der Waals surface area contributed by atoms with Crippen LogP contribution in [-0.4, -0.2) is 6.47 Å². The molecule has 0 aliphatic heterocycles. The molecule has 0 aliphatic carbocycles. The minimum Gasteiger partial charge on any atom is -0.429 e. The maximum Gasteiger partial charge on any atom is 0.298 e. The van der Waals surface area contributed by atoms with E-state index in [0.717, 1.165) is 16.4 Å². The second-order valence-electron chi connectivity index (χ2n) is 2.00. The molecule has 1 aromatic rings. The van der Waals surface area contributed by atoms with Crippen LogP contribution in [0.3, 0.4) is 0 Å². The van der Waals surface area contributed by atoms with Gasteiger partial charge in [0.15, 0.2) is 0 Å². The molecule has 1 atom stereocenters. The van der Waals surface area contributed by atoms with Gasteiger partial charge in [-0.3, -0.25) is 8.76 Å². The maximum absolute atomic E-state index is 9.97. The Balaban J connectivity index is 2.53. The first-order valence-corrected chi connectivity index (χ1v) is 6.00. The van der Waals surface area contributed by atoms with Gasteiger partial charge in [0, 0.05) is 5.30 Å². The summed E-state index contributed by atoms with van der Waals surface area (Å²) in [5.74, 6) is 0.530. The minimum absolute atomic E-state index is 0.246. The molecule has 0 radical (unpaired) electrons. The van der Waals surface area contributed by atoms with Crippen molar-refractivity contribution >= 4 is 43.3 Å². The number of ether oxygens (including phenoxy) is 1. The van der Waals surface area contributed by atoms with Gasteiger partial charge in [-0.2, -0.15) is 0 Å². The van der Waals surface area contributed by atoms with Gasteiger partial charge >= 0.3 is 0 Å². The van der Waals surface area contributed by atoms with Gasteiger partial charge in [0.1, 0.15) is 5.75 Å². The van der Waals surface area contributed by atoms with E-state index >= 15 is 0 Å². The maximum atomic E-state index is 9.97. The quantitative estimate of drug-likeness (QED) is 0.278. The summed E-state index contributed by atoms with van der Waals surface area (Å²) in [7, 11) is 0.246. The Morgan fingerprint density at radius 2 is 2.08 bits per heavy atom. The molecular formula is C7H7O3PS2. The molecule has 13 heavy (non-hydrogen) atoms. The molecule has 3 nitrogen and oxygen atoms in total. The number of carbonyl (C=O) groups excluding carboxylic acids is 1. The van der Waals surface area contributed by atoms with E-state index in [4.69, 9.17) is 3.97 Å². The van der Waals surface area contributed by atoms with Crippen LogP contribution in [0.2, 0.25) is 0 Å². The first-order valence-electron chi connectivity index (χ1n) is 3.30. The van der Waals surface area contributed by atoms with Crippen molar-refractivity contribution in [2.75, 3.05) is 0 Å². The Morgan fingerprint density at radius 1 is 1.38 bits per heavy atom. The first kappa shape index (κ1) is 10.9. The van der Waals surface area contributed by atoms with Crippen LogP contribution in [0.25, 0.3) is 0 Å². The van der Waals surface area contributed by atoms with Crippen molar-refractivity contribution in [1.82, 2.24) is 0 Å². The molecule has 1 rings (SSSR count). The highest BCUT2D eigenvalue weighted by Gasteiger charge is 1.95. The summed E-state index contributed by atoms with van der Waals surface area (Å²) in [6.45, 7) is 0.400. The van der Waals surface area contributed by atoms with E-state index in [1.54, 1.807) is 12.1 Å². The summed E-state index contributed by atoms with van der Waals surface area (Å²) in [6.07, 6.45) is 0. The highest BCUT2D eigenvalue weighted by Crippen LogP contribution is 2.23. The molecule has 0 N–H and O–H groups in total. The highest BCUT2D eigenvalue weighted by atomic mass is 33.1. The fourth-order valence-corrected chi connectivity index (χ4v) is 1.90. The smallest absolute Gasteiger partial charge is 0.298 e. The van der Waals surface area contributed by atoms with Crippen LogP contribution in [0.1, 0.15) is 0 Å². The van der Waals surface area contributed by atoms with Gasteiger partial charge in [0.2, 0.25) is 0 Å². The molecule has 1 aromatic carbocycles. The Morgan fingerprint density at radius 3 is 2.62 bits per heavy atom. The topological polar surface area (TPSA) is 35.5 Å². The predicted molar refractivity (Wildman–Crippen MR) is 58.7 cm³/mol. The van der Waals surface area contributed by atoms with Crippen molar-refractivity contribution in [2.45, 2.75) is 0 Å². The molecule has 70 valence electrons. The summed E-state index contributed by atoms with van der Waals surface area (Å²) in [4.78, 5) is 9.97. The number of carbonyl (C=O) groups is 1. The Bertz CT molecular complexity index is 265. The molecule has 0 saturated heterocycles. The molecule has 0 saturated carbocycles. The van der Waals surface area contributed by atoms with Gasteiger partial charge < -0.3 is 4.74 Å². The standard InChI is InChI=1S/C7H7O3PS2/c8-5-9-6-1-3-7(4-2-6)11-10-13-12/h1-5,11-12H. The van der Waals surface area contributed by atoms with E-state index < -0.39 is 0 Å². The van der Waals surface area contributed by atoms with Gasteiger partial charge in [0.05, 0.1) is 19.9 Å². The molecule has 0 spiro atoms. The van der Waals surface area contributed by atoms with Gasteiger partial charge in [0.25, 0.3) is 6.47 Å². The SMILES string of the molecule is O=COc1ccc(POSS)cc1. The largest absolute Gasteiger partial charge is 0.429 e. The summed E-state index contributed by atoms with van der Waals surface area (Å²) in [6, 6.07) is 7.09. The van der Waals surface area contributed by atoms with Crippen molar-refractivity contribution in [3.63, 3.8) is 0 Å². The van der Waals surface area contributed by atoms with Crippen LogP contribution in [0.4, 0.5) is 0 Å². The summed E-state index contributed by atoms with van der Waals surface area (Å²) < 4.78 is 9.64. The zero-order valence-corrected chi connectivity index (χ0v) is 9.18. The zero-order chi connectivity index (χ0) is 9.52. The highest BCUT2D eigenvalue weighted by molar-refractivity contribution is 8.67. The summed E-state index contributed by atoms with van der Waals surface area (Å²) >= 11 is 4.87. The van der Waals surface area contributed by atoms with E-state index in [2.05, 4.69) is 16.4 Å². The van der Waals surface area contributed by atoms with Crippen LogP contribution in [0.15, 0.2) is 24.3 Å². The molecule has 0 bridgehead atoms. The lowest BCUT2D eigenvalue weighted by atomic mass is 10.3. The summed E-state index contributed by atoms with van der Waals surface area (Å²) in [5, 5.41) is 1.03.